The summed E-state index contributed by atoms with van der Waals surface area (Å²) in [6, 6.07) is 9.40. The van der Waals surface area contributed by atoms with Crippen molar-refractivity contribution >= 4 is 27.7 Å². The molecule has 2 heterocycles. The lowest BCUT2D eigenvalue weighted by atomic mass is 10.0. The number of nitrogens with zero attached hydrogens (tertiary/aromatic N) is 1. The molecule has 1 fully saturated rings. The monoisotopic (exact) mass is 448 g/mol. The number of nitrogens with one attached hydrogen (secondary N) is 1. The van der Waals surface area contributed by atoms with Gasteiger partial charge in [0.25, 0.3) is 5.91 Å². The van der Waals surface area contributed by atoms with Gasteiger partial charge in [-0.25, -0.2) is 0 Å². The van der Waals surface area contributed by atoms with Crippen LogP contribution in [0.15, 0.2) is 39.2 Å². The standard InChI is InChI=1S/C21H25BrN2O4/c1-14-3-6-19(28-14)21(26)23-16-9-11-24(12-10-16)20(25)8-5-15-4-7-18(27-2)17(22)13-15/h3-4,6-7,13,16H,5,8-12H2,1-2H3,(H,23,26). The second-order valence-corrected chi connectivity index (χ2v) is 7.86. The molecule has 2 aromatic rings. The van der Waals surface area contributed by atoms with Crippen LogP contribution in [-0.2, 0) is 11.2 Å². The van der Waals surface area contributed by atoms with Crippen LogP contribution in [0.5, 0.6) is 5.75 Å². The number of benzene rings is 1. The number of ether oxygens (including phenoxy) is 1. The Kier molecular flexibility index (Phi) is 6.78. The quantitative estimate of drug-likeness (QED) is 0.730. The third-order valence-electron chi connectivity index (χ3n) is 4.99. The molecular formula is C21H25BrN2O4. The zero-order chi connectivity index (χ0) is 20.1. The number of likely N-dealkylation sites (tertiary alicyclic amines) is 1. The van der Waals surface area contributed by atoms with Gasteiger partial charge in [-0.15, -0.1) is 0 Å². The van der Waals surface area contributed by atoms with Gasteiger partial charge in [0.2, 0.25) is 5.91 Å². The van der Waals surface area contributed by atoms with E-state index in [1.54, 1.807) is 19.2 Å². The van der Waals surface area contributed by atoms with Crippen molar-refractivity contribution < 1.29 is 18.7 Å². The van der Waals surface area contributed by atoms with Gasteiger partial charge in [0.05, 0.1) is 11.6 Å². The molecule has 0 radical (unpaired) electrons. The van der Waals surface area contributed by atoms with E-state index in [9.17, 15) is 9.59 Å². The van der Waals surface area contributed by atoms with Gasteiger partial charge < -0.3 is 19.4 Å². The number of carbonyl (C=O) groups is 2. The summed E-state index contributed by atoms with van der Waals surface area (Å²) in [5, 5.41) is 3.00. The van der Waals surface area contributed by atoms with E-state index in [4.69, 9.17) is 9.15 Å². The summed E-state index contributed by atoms with van der Waals surface area (Å²) in [7, 11) is 1.63. The first kappa shape index (κ1) is 20.5. The fourth-order valence-electron chi connectivity index (χ4n) is 3.36. The van der Waals surface area contributed by atoms with Crippen molar-refractivity contribution in [3.8, 4) is 5.75 Å². The SMILES string of the molecule is COc1ccc(CCC(=O)N2CCC(NC(=O)c3ccc(C)o3)CC2)cc1Br. The van der Waals surface area contributed by atoms with Crippen LogP contribution in [0.25, 0.3) is 0 Å². The maximum absolute atomic E-state index is 12.5. The largest absolute Gasteiger partial charge is 0.496 e. The lowest BCUT2D eigenvalue weighted by Crippen LogP contribution is -2.46. The van der Waals surface area contributed by atoms with Crippen molar-refractivity contribution in [3.63, 3.8) is 0 Å². The van der Waals surface area contributed by atoms with Crippen molar-refractivity contribution in [1.82, 2.24) is 10.2 Å². The molecule has 7 heteroatoms. The number of methoxy groups -OCH3 is 1. The molecule has 28 heavy (non-hydrogen) atoms. The predicted octanol–water partition coefficient (Wildman–Crippen LogP) is 3.71. The third kappa shape index (κ3) is 5.16. The first-order valence-corrected chi connectivity index (χ1v) is 10.2. The summed E-state index contributed by atoms with van der Waals surface area (Å²) in [6.07, 6.45) is 2.67. The average molecular weight is 449 g/mol. The zero-order valence-corrected chi connectivity index (χ0v) is 17.8. The van der Waals surface area contributed by atoms with Crippen molar-refractivity contribution in [3.05, 3.63) is 51.9 Å². The molecule has 1 aliphatic heterocycles. The molecule has 1 aromatic carbocycles. The fraction of sp³-hybridized carbons (Fsp3) is 0.429. The van der Waals surface area contributed by atoms with Crippen LogP contribution in [0, 0.1) is 6.92 Å². The number of furan rings is 1. The zero-order valence-electron chi connectivity index (χ0n) is 16.2. The molecule has 6 nitrogen and oxygen atoms in total. The van der Waals surface area contributed by atoms with E-state index in [0.29, 0.717) is 31.7 Å². The van der Waals surface area contributed by atoms with Gasteiger partial charge in [-0.05, 0) is 71.9 Å². The summed E-state index contributed by atoms with van der Waals surface area (Å²) in [5.74, 6) is 1.79. The fourth-order valence-corrected chi connectivity index (χ4v) is 3.95. The lowest BCUT2D eigenvalue weighted by molar-refractivity contribution is -0.132. The van der Waals surface area contributed by atoms with E-state index < -0.39 is 0 Å². The van der Waals surface area contributed by atoms with Crippen LogP contribution in [0.3, 0.4) is 0 Å². The third-order valence-corrected chi connectivity index (χ3v) is 5.61. The molecule has 0 unspecified atom stereocenters. The van der Waals surface area contributed by atoms with E-state index in [1.807, 2.05) is 30.0 Å². The number of hydrogen-bond acceptors (Lipinski definition) is 4. The highest BCUT2D eigenvalue weighted by Crippen LogP contribution is 2.26. The van der Waals surface area contributed by atoms with E-state index in [2.05, 4.69) is 21.2 Å². The molecular weight excluding hydrogens is 424 g/mol. The maximum Gasteiger partial charge on any atom is 0.287 e. The van der Waals surface area contributed by atoms with E-state index >= 15 is 0 Å². The first-order valence-electron chi connectivity index (χ1n) is 9.43. The van der Waals surface area contributed by atoms with Crippen LogP contribution in [0.4, 0.5) is 0 Å². The van der Waals surface area contributed by atoms with Gasteiger partial charge in [0.1, 0.15) is 11.5 Å². The van der Waals surface area contributed by atoms with Crippen molar-refractivity contribution in [1.29, 1.82) is 0 Å². The van der Waals surface area contributed by atoms with Crippen molar-refractivity contribution in [2.24, 2.45) is 0 Å². The predicted molar refractivity (Wildman–Crippen MR) is 110 cm³/mol. The van der Waals surface area contributed by atoms with Crippen molar-refractivity contribution in [2.75, 3.05) is 20.2 Å². The summed E-state index contributed by atoms with van der Waals surface area (Å²) in [4.78, 5) is 26.6. The molecule has 3 rings (SSSR count). The number of aryl methyl sites for hydroxylation is 2. The number of piperidine rings is 1. The molecule has 150 valence electrons. The Morgan fingerprint density at radius 2 is 2.00 bits per heavy atom. The number of hydrogen-bond donors (Lipinski definition) is 1. The van der Waals surface area contributed by atoms with Crippen LogP contribution in [0.2, 0.25) is 0 Å². The second-order valence-electron chi connectivity index (χ2n) is 7.01. The highest BCUT2D eigenvalue weighted by atomic mass is 79.9. The topological polar surface area (TPSA) is 71.8 Å². The summed E-state index contributed by atoms with van der Waals surface area (Å²) in [5.41, 5.74) is 1.09. The molecule has 0 spiro atoms. The first-order chi connectivity index (χ1) is 13.5. The molecule has 0 saturated carbocycles. The molecule has 0 atom stereocenters. The number of rotatable bonds is 6. The summed E-state index contributed by atoms with van der Waals surface area (Å²) < 4.78 is 11.5. The van der Waals surface area contributed by atoms with Gasteiger partial charge in [-0.2, -0.15) is 0 Å². The van der Waals surface area contributed by atoms with E-state index in [-0.39, 0.29) is 17.9 Å². The summed E-state index contributed by atoms with van der Waals surface area (Å²) >= 11 is 3.47. The Bertz CT molecular complexity index is 841. The van der Waals surface area contributed by atoms with Gasteiger partial charge in [0, 0.05) is 25.6 Å². The second kappa shape index (κ2) is 9.28. The van der Waals surface area contributed by atoms with Gasteiger partial charge in [-0.1, -0.05) is 6.07 Å². The molecule has 0 bridgehead atoms. The van der Waals surface area contributed by atoms with E-state index in [1.165, 1.54) is 0 Å². The van der Waals surface area contributed by atoms with Crippen molar-refractivity contribution in [2.45, 2.75) is 38.6 Å². The minimum absolute atomic E-state index is 0.0690. The Labute approximate surface area is 173 Å². The minimum Gasteiger partial charge on any atom is -0.496 e. The molecule has 1 N–H and O–H groups in total. The Balaban J connectivity index is 1.43. The van der Waals surface area contributed by atoms with Gasteiger partial charge >= 0.3 is 0 Å². The number of halogens is 1. The lowest BCUT2D eigenvalue weighted by Gasteiger charge is -2.32. The van der Waals surface area contributed by atoms with E-state index in [0.717, 1.165) is 34.4 Å². The van der Waals surface area contributed by atoms with Gasteiger partial charge in [-0.3, -0.25) is 9.59 Å². The van der Waals surface area contributed by atoms with Crippen LogP contribution >= 0.6 is 15.9 Å². The summed E-state index contributed by atoms with van der Waals surface area (Å²) in [6.45, 7) is 3.13. The van der Waals surface area contributed by atoms with Crippen LogP contribution in [-0.4, -0.2) is 43.0 Å². The highest BCUT2D eigenvalue weighted by molar-refractivity contribution is 9.10. The number of amides is 2. The normalized spacial score (nSPS) is 14.8. The Hall–Kier alpha value is -2.28. The smallest absolute Gasteiger partial charge is 0.287 e. The van der Waals surface area contributed by atoms with Crippen LogP contribution < -0.4 is 10.1 Å². The van der Waals surface area contributed by atoms with Gasteiger partial charge in [0.15, 0.2) is 5.76 Å². The Morgan fingerprint density at radius 3 is 2.61 bits per heavy atom. The highest BCUT2D eigenvalue weighted by Gasteiger charge is 2.24. The minimum atomic E-state index is -0.192. The number of carbonyl (C=O) groups excluding carboxylic acids is 2. The molecule has 2 amide bonds. The average Bonchev–Trinajstić information content (AvgIpc) is 3.13. The van der Waals surface area contributed by atoms with Crippen LogP contribution in [0.1, 0.15) is 41.1 Å². The molecule has 0 aliphatic carbocycles. The molecule has 1 saturated heterocycles. The Morgan fingerprint density at radius 1 is 1.25 bits per heavy atom. The maximum atomic E-state index is 12.5. The molecule has 1 aliphatic rings. The molecule has 1 aromatic heterocycles.